The smallest absolute Gasteiger partial charge is 0.0726 e. The lowest BCUT2D eigenvalue weighted by molar-refractivity contribution is 0.795. The minimum atomic E-state index is -0.322. The van der Waals surface area contributed by atoms with E-state index in [2.05, 4.69) is 97.1 Å². The fraction of sp³-hybridized carbons (Fsp3) is 0.0345. The number of nitrogen functional groups attached to an aromatic ring is 1. The third-order valence-electron chi connectivity index (χ3n) is 7.00. The van der Waals surface area contributed by atoms with Gasteiger partial charge in [0.25, 0.3) is 0 Å². The quantitative estimate of drug-likeness (QED) is 0.288. The van der Waals surface area contributed by atoms with Crippen molar-refractivity contribution < 1.29 is 0 Å². The van der Waals surface area contributed by atoms with Gasteiger partial charge in [-0.2, -0.15) is 0 Å². The molecule has 0 aliphatic heterocycles. The Balaban J connectivity index is 1.76. The molecule has 0 saturated heterocycles. The van der Waals surface area contributed by atoms with Gasteiger partial charge in [0.05, 0.1) is 5.41 Å². The summed E-state index contributed by atoms with van der Waals surface area (Å²) in [4.78, 5) is 0. The molecule has 0 radical (unpaired) electrons. The Morgan fingerprint density at radius 3 is 1.93 bits per heavy atom. The van der Waals surface area contributed by atoms with E-state index >= 15 is 0 Å². The molecule has 5 aromatic carbocycles. The summed E-state index contributed by atoms with van der Waals surface area (Å²) in [5.74, 6) is 0. The van der Waals surface area contributed by atoms with Crippen LogP contribution in [0.4, 0.5) is 5.69 Å². The van der Waals surface area contributed by atoms with Crippen LogP contribution in [0.15, 0.2) is 103 Å². The first-order valence-corrected chi connectivity index (χ1v) is 10.4. The molecule has 1 nitrogen and oxygen atoms in total. The average Bonchev–Trinajstić information content (AvgIpc) is 3.26. The van der Waals surface area contributed by atoms with Gasteiger partial charge in [-0.15, -0.1) is 0 Å². The lowest BCUT2D eigenvalue weighted by Crippen LogP contribution is -2.25. The molecule has 2 N–H and O–H groups in total. The molecule has 2 aliphatic carbocycles. The van der Waals surface area contributed by atoms with Crippen LogP contribution in [0.2, 0.25) is 0 Å². The summed E-state index contributed by atoms with van der Waals surface area (Å²) in [5.41, 5.74) is 17.5. The zero-order valence-corrected chi connectivity index (χ0v) is 16.4. The van der Waals surface area contributed by atoms with Crippen molar-refractivity contribution in [2.24, 2.45) is 0 Å². The predicted molar refractivity (Wildman–Crippen MR) is 125 cm³/mol. The first kappa shape index (κ1) is 16.0. The summed E-state index contributed by atoms with van der Waals surface area (Å²) in [6, 6.07) is 37.5. The van der Waals surface area contributed by atoms with Crippen molar-refractivity contribution in [3.63, 3.8) is 0 Å². The van der Waals surface area contributed by atoms with E-state index in [-0.39, 0.29) is 5.41 Å². The predicted octanol–water partition coefficient (Wildman–Crippen LogP) is 6.77. The van der Waals surface area contributed by atoms with Crippen LogP contribution < -0.4 is 5.73 Å². The molecule has 30 heavy (non-hydrogen) atoms. The van der Waals surface area contributed by atoms with Gasteiger partial charge in [-0.1, -0.05) is 91.0 Å². The minimum absolute atomic E-state index is 0.322. The summed E-state index contributed by atoms with van der Waals surface area (Å²) in [5, 5.41) is 2.58. The summed E-state index contributed by atoms with van der Waals surface area (Å²) >= 11 is 0. The largest absolute Gasteiger partial charge is 0.399 e. The fourth-order valence-electron chi connectivity index (χ4n) is 5.92. The van der Waals surface area contributed by atoms with Gasteiger partial charge >= 0.3 is 0 Å². The number of anilines is 1. The van der Waals surface area contributed by atoms with E-state index in [0.29, 0.717) is 0 Å². The van der Waals surface area contributed by atoms with E-state index in [1.165, 1.54) is 55.3 Å². The van der Waals surface area contributed by atoms with Crippen molar-refractivity contribution in [2.75, 3.05) is 5.73 Å². The number of fused-ring (bicyclic) bond motifs is 12. The Kier molecular flexibility index (Phi) is 2.88. The maximum absolute atomic E-state index is 6.37. The number of benzene rings is 5. The standard InChI is InChI=1S/C29H19N/c30-19-14-15-23-27(17-19)29(26-16-13-18-7-1-2-8-20(18)28(23)26)24-11-5-3-9-21(24)22-10-4-6-12-25(22)29/h1-17H,30H2. The van der Waals surface area contributed by atoms with Crippen LogP contribution >= 0.6 is 0 Å². The lowest BCUT2D eigenvalue weighted by atomic mass is 9.70. The Morgan fingerprint density at radius 2 is 1.17 bits per heavy atom. The molecule has 140 valence electrons. The van der Waals surface area contributed by atoms with E-state index in [0.717, 1.165) is 5.69 Å². The van der Waals surface area contributed by atoms with Gasteiger partial charge in [0, 0.05) is 5.69 Å². The topological polar surface area (TPSA) is 26.0 Å². The maximum Gasteiger partial charge on any atom is 0.0726 e. The van der Waals surface area contributed by atoms with Gasteiger partial charge in [0.1, 0.15) is 0 Å². The summed E-state index contributed by atoms with van der Waals surface area (Å²) in [7, 11) is 0. The molecule has 0 unspecified atom stereocenters. The number of hydrogen-bond donors (Lipinski definition) is 1. The summed E-state index contributed by atoms with van der Waals surface area (Å²) in [6.45, 7) is 0. The molecule has 0 bridgehead atoms. The van der Waals surface area contributed by atoms with E-state index < -0.39 is 0 Å². The highest BCUT2D eigenvalue weighted by Crippen LogP contribution is 2.63. The Hall–Kier alpha value is -3.84. The van der Waals surface area contributed by atoms with Crippen LogP contribution in [0.3, 0.4) is 0 Å². The number of hydrogen-bond acceptors (Lipinski definition) is 1. The molecule has 0 aromatic heterocycles. The van der Waals surface area contributed by atoms with Crippen molar-refractivity contribution in [2.45, 2.75) is 5.41 Å². The summed E-state index contributed by atoms with van der Waals surface area (Å²) < 4.78 is 0. The molecule has 2 aliphatic rings. The Bertz CT molecular complexity index is 1460. The first-order chi connectivity index (χ1) is 14.8. The second-order valence-corrected chi connectivity index (χ2v) is 8.36. The normalized spacial score (nSPS) is 14.4. The number of nitrogens with two attached hydrogens (primary N) is 1. The fourth-order valence-corrected chi connectivity index (χ4v) is 5.92. The molecule has 1 heteroatoms. The molecule has 1 spiro atoms. The lowest BCUT2D eigenvalue weighted by Gasteiger charge is -2.30. The van der Waals surface area contributed by atoms with Crippen LogP contribution in [0.25, 0.3) is 33.0 Å². The van der Waals surface area contributed by atoms with Crippen molar-refractivity contribution in [1.82, 2.24) is 0 Å². The second-order valence-electron chi connectivity index (χ2n) is 8.36. The molecule has 0 saturated carbocycles. The van der Waals surface area contributed by atoms with Crippen molar-refractivity contribution >= 4 is 16.5 Å². The van der Waals surface area contributed by atoms with Gasteiger partial charge in [-0.05, 0) is 67.4 Å². The average molecular weight is 381 g/mol. The Morgan fingerprint density at radius 1 is 0.500 bits per heavy atom. The zero-order valence-electron chi connectivity index (χ0n) is 16.4. The van der Waals surface area contributed by atoms with Crippen molar-refractivity contribution in [3.05, 3.63) is 125 Å². The zero-order chi connectivity index (χ0) is 19.9. The van der Waals surface area contributed by atoms with Gasteiger partial charge in [0.15, 0.2) is 0 Å². The number of rotatable bonds is 0. The molecular formula is C29H19N. The van der Waals surface area contributed by atoms with Crippen LogP contribution in [0, 0.1) is 0 Å². The SMILES string of the molecule is Nc1ccc2c(c1)C1(c3ccccc3-c3ccccc31)c1ccc3ccccc3c1-2. The third kappa shape index (κ3) is 1.71. The molecule has 7 rings (SSSR count). The molecule has 0 amide bonds. The second kappa shape index (κ2) is 5.40. The van der Waals surface area contributed by atoms with E-state index in [4.69, 9.17) is 5.73 Å². The van der Waals surface area contributed by atoms with Gasteiger partial charge in [-0.3, -0.25) is 0 Å². The van der Waals surface area contributed by atoms with Crippen LogP contribution in [-0.2, 0) is 5.41 Å². The highest BCUT2D eigenvalue weighted by molar-refractivity contribution is 6.06. The highest BCUT2D eigenvalue weighted by Gasteiger charge is 2.51. The van der Waals surface area contributed by atoms with Crippen LogP contribution in [0.5, 0.6) is 0 Å². The molecular weight excluding hydrogens is 362 g/mol. The monoisotopic (exact) mass is 381 g/mol. The van der Waals surface area contributed by atoms with Crippen LogP contribution in [-0.4, -0.2) is 0 Å². The van der Waals surface area contributed by atoms with Crippen LogP contribution in [0.1, 0.15) is 22.3 Å². The molecule has 0 heterocycles. The third-order valence-corrected chi connectivity index (χ3v) is 7.00. The highest BCUT2D eigenvalue weighted by atomic mass is 14.6. The van der Waals surface area contributed by atoms with E-state index in [1.54, 1.807) is 0 Å². The maximum atomic E-state index is 6.37. The first-order valence-electron chi connectivity index (χ1n) is 10.4. The molecule has 0 fully saturated rings. The van der Waals surface area contributed by atoms with Gasteiger partial charge < -0.3 is 5.73 Å². The molecule has 5 aromatic rings. The Labute approximate surface area is 175 Å². The van der Waals surface area contributed by atoms with Crippen molar-refractivity contribution in [1.29, 1.82) is 0 Å². The van der Waals surface area contributed by atoms with Gasteiger partial charge in [0.2, 0.25) is 0 Å². The van der Waals surface area contributed by atoms with E-state index in [9.17, 15) is 0 Å². The minimum Gasteiger partial charge on any atom is -0.399 e. The summed E-state index contributed by atoms with van der Waals surface area (Å²) in [6.07, 6.45) is 0. The van der Waals surface area contributed by atoms with Crippen molar-refractivity contribution in [3.8, 4) is 22.3 Å². The molecule has 0 atom stereocenters. The van der Waals surface area contributed by atoms with Gasteiger partial charge in [-0.25, -0.2) is 0 Å². The van der Waals surface area contributed by atoms with E-state index in [1.807, 2.05) is 6.07 Å².